The fourth-order valence-electron chi connectivity index (χ4n) is 5.26. The summed E-state index contributed by atoms with van der Waals surface area (Å²) < 4.78 is 12.9. The minimum Gasteiger partial charge on any atom is -0.493 e. The maximum absolute atomic E-state index is 12.6. The number of hydrogen-bond acceptors (Lipinski definition) is 4. The second kappa shape index (κ2) is 4.39. The molecule has 5 rings (SSSR count). The summed E-state index contributed by atoms with van der Waals surface area (Å²) in [5, 5.41) is 0. The molecule has 5 heteroatoms. The van der Waals surface area contributed by atoms with Gasteiger partial charge in [0, 0.05) is 22.0 Å². The maximum atomic E-state index is 12.6. The Hall–Kier alpha value is -1.33. The van der Waals surface area contributed by atoms with Crippen LogP contribution in [0.15, 0.2) is 22.7 Å². The number of carbonyl (C=O) groups is 1. The summed E-state index contributed by atoms with van der Waals surface area (Å²) in [5.41, 5.74) is 2.29. The van der Waals surface area contributed by atoms with E-state index in [4.69, 9.17) is 9.47 Å². The zero-order chi connectivity index (χ0) is 15.9. The highest BCUT2D eigenvalue weighted by atomic mass is 79.9. The molecule has 1 saturated heterocycles. The monoisotopic (exact) mass is 375 g/mol. The van der Waals surface area contributed by atoms with E-state index >= 15 is 0 Å². The largest absolute Gasteiger partial charge is 0.493 e. The number of ketones is 1. The van der Waals surface area contributed by atoms with Crippen LogP contribution in [0.5, 0.6) is 11.5 Å². The number of benzene rings is 1. The molecular formula is C18H18BrNO3. The molecule has 120 valence electrons. The number of halogens is 1. The van der Waals surface area contributed by atoms with Crippen molar-refractivity contribution in [2.24, 2.45) is 5.92 Å². The normalized spacial score (nSPS) is 36.7. The molecule has 1 aromatic rings. The van der Waals surface area contributed by atoms with Crippen LogP contribution < -0.4 is 9.47 Å². The van der Waals surface area contributed by atoms with Gasteiger partial charge in [0.2, 0.25) is 0 Å². The van der Waals surface area contributed by atoms with Crippen LogP contribution in [0.2, 0.25) is 0 Å². The number of methoxy groups -OCH3 is 1. The van der Waals surface area contributed by atoms with E-state index in [0.717, 1.165) is 35.4 Å². The van der Waals surface area contributed by atoms with Gasteiger partial charge >= 0.3 is 0 Å². The van der Waals surface area contributed by atoms with Gasteiger partial charge in [0.25, 0.3) is 0 Å². The van der Waals surface area contributed by atoms with Crippen molar-refractivity contribution in [3.8, 4) is 11.5 Å². The molecule has 0 amide bonds. The quantitative estimate of drug-likeness (QED) is 0.755. The molecule has 0 saturated carbocycles. The molecule has 0 radical (unpaired) electrons. The van der Waals surface area contributed by atoms with Crippen molar-refractivity contribution in [3.05, 3.63) is 33.8 Å². The van der Waals surface area contributed by atoms with Crippen LogP contribution in [-0.2, 0) is 16.6 Å². The maximum Gasteiger partial charge on any atom is 0.196 e. The minimum atomic E-state index is -0.397. The summed E-state index contributed by atoms with van der Waals surface area (Å²) in [4.78, 5) is 15.0. The smallest absolute Gasteiger partial charge is 0.196 e. The van der Waals surface area contributed by atoms with Crippen LogP contribution >= 0.6 is 15.9 Å². The zero-order valence-corrected chi connectivity index (χ0v) is 14.7. The Balaban J connectivity index is 1.87. The lowest BCUT2D eigenvalue weighted by molar-refractivity contribution is -0.127. The molecule has 0 unspecified atom stereocenters. The Kier molecular flexibility index (Phi) is 2.68. The third-order valence-electron chi connectivity index (χ3n) is 6.28. The van der Waals surface area contributed by atoms with Crippen LogP contribution in [0.25, 0.3) is 0 Å². The Morgan fingerprint density at radius 2 is 2.30 bits per heavy atom. The van der Waals surface area contributed by atoms with Gasteiger partial charge in [-0.3, -0.25) is 4.79 Å². The Bertz CT molecular complexity index is 774. The van der Waals surface area contributed by atoms with Gasteiger partial charge in [-0.05, 0) is 44.1 Å². The average Bonchev–Trinajstić information content (AvgIpc) is 2.89. The van der Waals surface area contributed by atoms with Gasteiger partial charge < -0.3 is 14.4 Å². The number of nitrogens with zero attached hydrogens (tertiary/aromatic N) is 1. The summed E-state index contributed by atoms with van der Waals surface area (Å²) in [6, 6.07) is 2.40. The molecule has 0 N–H and O–H groups in total. The number of ether oxygens (including phenoxy) is 2. The lowest BCUT2D eigenvalue weighted by Crippen LogP contribution is -2.64. The zero-order valence-electron chi connectivity index (χ0n) is 13.1. The molecule has 0 aromatic heterocycles. The third kappa shape index (κ3) is 1.48. The van der Waals surface area contributed by atoms with E-state index in [-0.39, 0.29) is 11.2 Å². The second-order valence-corrected chi connectivity index (χ2v) is 7.93. The van der Waals surface area contributed by atoms with Crippen molar-refractivity contribution in [1.29, 1.82) is 0 Å². The third-order valence-corrected chi connectivity index (χ3v) is 6.99. The molecule has 2 aliphatic heterocycles. The topological polar surface area (TPSA) is 38.8 Å². The van der Waals surface area contributed by atoms with Crippen molar-refractivity contribution in [2.45, 2.75) is 30.4 Å². The van der Waals surface area contributed by atoms with E-state index in [1.807, 2.05) is 6.07 Å². The summed E-state index contributed by atoms with van der Waals surface area (Å²) in [6.45, 7) is 0.996. The number of likely N-dealkylation sites (tertiary alicyclic amines) is 1. The highest BCUT2D eigenvalue weighted by molar-refractivity contribution is 9.10. The lowest BCUT2D eigenvalue weighted by atomic mass is 9.53. The van der Waals surface area contributed by atoms with E-state index in [9.17, 15) is 4.79 Å². The van der Waals surface area contributed by atoms with Crippen molar-refractivity contribution in [3.63, 3.8) is 0 Å². The summed E-state index contributed by atoms with van der Waals surface area (Å²) in [7, 11) is 3.85. The average molecular weight is 376 g/mol. The molecular weight excluding hydrogens is 358 g/mol. The fourth-order valence-corrected chi connectivity index (χ4v) is 5.83. The minimum absolute atomic E-state index is 0.0896. The summed E-state index contributed by atoms with van der Waals surface area (Å²) in [6.07, 6.45) is 5.40. The Morgan fingerprint density at radius 1 is 1.48 bits per heavy atom. The number of piperidine rings is 1. The van der Waals surface area contributed by atoms with Crippen molar-refractivity contribution in [1.82, 2.24) is 4.90 Å². The van der Waals surface area contributed by atoms with Gasteiger partial charge in [-0.1, -0.05) is 22.0 Å². The predicted molar refractivity (Wildman–Crippen MR) is 89.2 cm³/mol. The highest BCUT2D eigenvalue weighted by Crippen LogP contribution is 2.62. The van der Waals surface area contributed by atoms with E-state index in [0.29, 0.717) is 12.0 Å². The lowest BCUT2D eigenvalue weighted by Gasteiger charge is -2.55. The molecule has 2 heterocycles. The van der Waals surface area contributed by atoms with Crippen LogP contribution in [0.4, 0.5) is 0 Å². The number of hydrogen-bond donors (Lipinski definition) is 0. The summed E-state index contributed by atoms with van der Waals surface area (Å²) in [5.74, 6) is 1.94. The van der Waals surface area contributed by atoms with E-state index in [1.54, 1.807) is 13.2 Å². The fraction of sp³-hybridized carbons (Fsp3) is 0.500. The molecule has 1 fully saturated rings. The molecule has 1 aromatic carbocycles. The SMILES string of the molecule is COc1cc(Br)c2c3c1O[C@H]1C(=O)C=C[C@H]4[C@@H](C2)N(C)CC[C@]314. The van der Waals surface area contributed by atoms with Gasteiger partial charge in [0.05, 0.1) is 12.5 Å². The van der Waals surface area contributed by atoms with Crippen LogP contribution in [0.1, 0.15) is 17.5 Å². The van der Waals surface area contributed by atoms with E-state index in [1.165, 1.54) is 11.1 Å². The van der Waals surface area contributed by atoms with Gasteiger partial charge in [-0.2, -0.15) is 0 Å². The van der Waals surface area contributed by atoms with Crippen molar-refractivity contribution < 1.29 is 14.3 Å². The number of carbonyl (C=O) groups excluding carboxylic acids is 1. The molecule has 2 aliphatic carbocycles. The predicted octanol–water partition coefficient (Wildman–Crippen LogP) is 2.47. The first-order valence-corrected chi connectivity index (χ1v) is 8.86. The van der Waals surface area contributed by atoms with E-state index in [2.05, 4.69) is 34.0 Å². The second-order valence-electron chi connectivity index (χ2n) is 7.07. The van der Waals surface area contributed by atoms with Crippen LogP contribution in [0.3, 0.4) is 0 Å². The van der Waals surface area contributed by atoms with Gasteiger partial charge in [0.1, 0.15) is 0 Å². The number of likely N-dealkylation sites (N-methyl/N-ethyl adjacent to an activating group) is 1. The first-order chi connectivity index (χ1) is 11.1. The summed E-state index contributed by atoms with van der Waals surface area (Å²) >= 11 is 3.73. The first-order valence-electron chi connectivity index (χ1n) is 8.06. The molecule has 4 aliphatic rings. The van der Waals surface area contributed by atoms with Crippen LogP contribution in [0, 0.1) is 5.92 Å². The van der Waals surface area contributed by atoms with Crippen LogP contribution in [-0.4, -0.2) is 43.5 Å². The van der Waals surface area contributed by atoms with Crippen molar-refractivity contribution >= 4 is 21.7 Å². The molecule has 23 heavy (non-hydrogen) atoms. The van der Waals surface area contributed by atoms with Crippen molar-refractivity contribution in [2.75, 3.05) is 20.7 Å². The number of rotatable bonds is 1. The first kappa shape index (κ1) is 14.1. The molecule has 2 bridgehead atoms. The van der Waals surface area contributed by atoms with E-state index < -0.39 is 6.10 Å². The van der Waals surface area contributed by atoms with Gasteiger partial charge in [-0.15, -0.1) is 0 Å². The van der Waals surface area contributed by atoms with Gasteiger partial charge in [-0.25, -0.2) is 0 Å². The molecule has 4 nitrogen and oxygen atoms in total. The standard InChI is InChI=1S/C18H18BrNO3/c1-20-6-5-18-10-3-4-13(21)17(18)23-16-14(22-2)8-11(19)9(15(16)18)7-12(10)20/h3-4,8,10,12,17H,5-7H2,1-2H3/t10-,12+,17-,18-/m0/s1. The molecule has 1 spiro atoms. The molecule has 4 atom stereocenters. The Morgan fingerprint density at radius 3 is 3.09 bits per heavy atom. The highest BCUT2D eigenvalue weighted by Gasteiger charge is 2.64. The Labute approximate surface area is 143 Å². The van der Waals surface area contributed by atoms with Gasteiger partial charge in [0.15, 0.2) is 23.4 Å².